The van der Waals surface area contributed by atoms with Crippen molar-refractivity contribution in [1.82, 2.24) is 10.2 Å². The molecular weight excluding hydrogens is 232 g/mol. The lowest BCUT2D eigenvalue weighted by molar-refractivity contribution is -0.130. The van der Waals surface area contributed by atoms with E-state index >= 15 is 0 Å². The van der Waals surface area contributed by atoms with E-state index in [1.165, 1.54) is 0 Å². The zero-order chi connectivity index (χ0) is 13.1. The fourth-order valence-electron chi connectivity index (χ4n) is 2.40. The zero-order valence-corrected chi connectivity index (χ0v) is 12.6. The second-order valence-corrected chi connectivity index (χ2v) is 6.49. The lowest BCUT2D eigenvalue weighted by Gasteiger charge is -2.34. The van der Waals surface area contributed by atoms with Gasteiger partial charge in [0.1, 0.15) is 0 Å². The molecule has 1 aliphatic heterocycles. The summed E-state index contributed by atoms with van der Waals surface area (Å²) in [6.45, 7) is 10.2. The molecule has 1 N–H and O–H groups in total. The number of rotatable bonds is 6. The van der Waals surface area contributed by atoms with E-state index in [2.05, 4.69) is 39.3 Å². The average Bonchev–Trinajstić information content (AvgIpc) is 2.68. The summed E-state index contributed by atoms with van der Waals surface area (Å²) in [6.07, 6.45) is 4.38. The Morgan fingerprint density at radius 1 is 1.47 bits per heavy atom. The zero-order valence-electron chi connectivity index (χ0n) is 11.7. The Hall–Kier alpha value is -0.220. The fraction of sp³-hybridized carbons (Fsp3) is 0.923. The molecule has 1 saturated heterocycles. The van der Waals surface area contributed by atoms with E-state index in [0.717, 1.165) is 19.4 Å². The summed E-state index contributed by atoms with van der Waals surface area (Å²) >= 11 is 1.89. The lowest BCUT2D eigenvalue weighted by Crippen LogP contribution is -2.42. The first-order chi connectivity index (χ1) is 7.99. The molecule has 1 amide bonds. The molecule has 1 fully saturated rings. The molecule has 17 heavy (non-hydrogen) atoms. The van der Waals surface area contributed by atoms with Gasteiger partial charge >= 0.3 is 0 Å². The molecule has 0 radical (unpaired) electrons. The predicted octanol–water partition coefficient (Wildman–Crippen LogP) is 2.32. The van der Waals surface area contributed by atoms with Crippen molar-refractivity contribution in [2.24, 2.45) is 5.92 Å². The van der Waals surface area contributed by atoms with Crippen LogP contribution in [0.15, 0.2) is 0 Å². The van der Waals surface area contributed by atoms with Gasteiger partial charge < -0.3 is 4.90 Å². The van der Waals surface area contributed by atoms with E-state index in [0.29, 0.717) is 12.6 Å². The van der Waals surface area contributed by atoms with Crippen molar-refractivity contribution >= 4 is 17.7 Å². The fourth-order valence-corrected chi connectivity index (χ4v) is 3.26. The van der Waals surface area contributed by atoms with Gasteiger partial charge in [-0.2, -0.15) is 11.8 Å². The second kappa shape index (κ2) is 6.10. The highest BCUT2D eigenvalue weighted by atomic mass is 32.2. The lowest BCUT2D eigenvalue weighted by atomic mass is 10.0. The van der Waals surface area contributed by atoms with Gasteiger partial charge in [-0.25, -0.2) is 0 Å². The maximum atomic E-state index is 12.2. The third kappa shape index (κ3) is 3.16. The number of hydrogen-bond acceptors (Lipinski definition) is 3. The van der Waals surface area contributed by atoms with Gasteiger partial charge in [-0.15, -0.1) is 0 Å². The van der Waals surface area contributed by atoms with E-state index in [9.17, 15) is 4.79 Å². The van der Waals surface area contributed by atoms with E-state index in [1.54, 1.807) is 0 Å². The Morgan fingerprint density at radius 2 is 2.06 bits per heavy atom. The van der Waals surface area contributed by atoms with Crippen LogP contribution in [0.5, 0.6) is 0 Å². The van der Waals surface area contributed by atoms with Crippen LogP contribution in [0.25, 0.3) is 0 Å². The number of thioether (sulfide) groups is 1. The second-order valence-electron chi connectivity index (χ2n) is 5.21. The Kier molecular flexibility index (Phi) is 5.32. The Morgan fingerprint density at radius 3 is 2.41 bits per heavy atom. The first-order valence-electron chi connectivity index (χ1n) is 6.57. The van der Waals surface area contributed by atoms with Crippen LogP contribution in [0.1, 0.15) is 40.5 Å². The minimum atomic E-state index is 0.0169. The highest BCUT2D eigenvalue weighted by molar-refractivity contribution is 8.00. The molecule has 1 atom stereocenters. The SMILES string of the molecule is CCC(CC)(CN1CNC(C(C)C)C1=O)SC. The normalized spacial score (nSPS) is 21.6. The van der Waals surface area contributed by atoms with Gasteiger partial charge in [0.25, 0.3) is 0 Å². The number of nitrogens with one attached hydrogen (secondary N) is 1. The molecule has 0 bridgehead atoms. The van der Waals surface area contributed by atoms with Gasteiger partial charge in [-0.05, 0) is 25.0 Å². The summed E-state index contributed by atoms with van der Waals surface area (Å²) in [5.74, 6) is 0.653. The van der Waals surface area contributed by atoms with Crippen molar-refractivity contribution in [1.29, 1.82) is 0 Å². The Balaban J connectivity index is 2.67. The van der Waals surface area contributed by atoms with Gasteiger partial charge in [0, 0.05) is 11.3 Å². The molecule has 0 spiro atoms. The third-order valence-corrected chi connectivity index (χ3v) is 5.52. The summed E-state index contributed by atoms with van der Waals surface area (Å²) in [4.78, 5) is 14.2. The Bertz CT molecular complexity index is 256. The molecule has 0 aliphatic carbocycles. The maximum absolute atomic E-state index is 12.2. The monoisotopic (exact) mass is 258 g/mol. The first-order valence-corrected chi connectivity index (χ1v) is 7.79. The molecule has 0 aromatic rings. The highest BCUT2D eigenvalue weighted by Gasteiger charge is 2.37. The maximum Gasteiger partial charge on any atom is 0.241 e. The molecule has 1 aliphatic rings. The standard InChI is InChI=1S/C13H26N2OS/c1-6-13(7-2,17-5)8-15-9-14-11(10(3)4)12(15)16/h10-11,14H,6-9H2,1-5H3. The number of carbonyl (C=O) groups excluding carboxylic acids is 1. The quantitative estimate of drug-likeness (QED) is 0.793. The molecule has 1 rings (SSSR count). The van der Waals surface area contributed by atoms with E-state index in [-0.39, 0.29) is 16.7 Å². The summed E-state index contributed by atoms with van der Waals surface area (Å²) in [7, 11) is 0. The number of carbonyl (C=O) groups is 1. The molecule has 3 nitrogen and oxygen atoms in total. The van der Waals surface area contributed by atoms with E-state index in [4.69, 9.17) is 0 Å². The minimum Gasteiger partial charge on any atom is -0.327 e. The molecule has 0 saturated carbocycles. The van der Waals surface area contributed by atoms with Crippen LogP contribution in [-0.2, 0) is 4.79 Å². The summed E-state index contributed by atoms with van der Waals surface area (Å²) in [5, 5.41) is 3.32. The predicted molar refractivity (Wildman–Crippen MR) is 75.2 cm³/mol. The first kappa shape index (κ1) is 14.8. The highest BCUT2D eigenvalue weighted by Crippen LogP contribution is 2.32. The largest absolute Gasteiger partial charge is 0.327 e. The van der Waals surface area contributed by atoms with Crippen molar-refractivity contribution in [3.05, 3.63) is 0 Å². The average molecular weight is 258 g/mol. The molecule has 1 unspecified atom stereocenters. The molecule has 0 aromatic heterocycles. The van der Waals surface area contributed by atoms with Crippen molar-refractivity contribution < 1.29 is 4.79 Å². The number of hydrogen-bond donors (Lipinski definition) is 1. The molecule has 0 aromatic carbocycles. The molecule has 100 valence electrons. The molecular formula is C13H26N2OS. The van der Waals surface area contributed by atoms with E-state index in [1.807, 2.05) is 16.7 Å². The van der Waals surface area contributed by atoms with E-state index < -0.39 is 0 Å². The smallest absolute Gasteiger partial charge is 0.241 e. The van der Waals surface area contributed by atoms with Crippen LogP contribution in [0.2, 0.25) is 0 Å². The van der Waals surface area contributed by atoms with Gasteiger partial charge in [0.15, 0.2) is 0 Å². The van der Waals surface area contributed by atoms with Gasteiger partial charge in [-0.3, -0.25) is 10.1 Å². The van der Waals surface area contributed by atoms with Crippen LogP contribution >= 0.6 is 11.8 Å². The topological polar surface area (TPSA) is 32.3 Å². The summed E-state index contributed by atoms with van der Waals surface area (Å²) < 4.78 is 0.225. The van der Waals surface area contributed by atoms with Crippen molar-refractivity contribution in [2.75, 3.05) is 19.5 Å². The number of amides is 1. The molecule has 1 heterocycles. The van der Waals surface area contributed by atoms with Crippen molar-refractivity contribution in [2.45, 2.75) is 51.3 Å². The number of nitrogens with zero attached hydrogens (tertiary/aromatic N) is 1. The van der Waals surface area contributed by atoms with Crippen LogP contribution in [0.4, 0.5) is 0 Å². The molecule has 4 heteroatoms. The van der Waals surface area contributed by atoms with Gasteiger partial charge in [0.05, 0.1) is 12.7 Å². The van der Waals surface area contributed by atoms with Crippen LogP contribution in [-0.4, -0.2) is 41.1 Å². The van der Waals surface area contributed by atoms with Crippen LogP contribution in [0.3, 0.4) is 0 Å². The van der Waals surface area contributed by atoms with Crippen molar-refractivity contribution in [3.63, 3.8) is 0 Å². The third-order valence-electron chi connectivity index (χ3n) is 3.95. The summed E-state index contributed by atoms with van der Waals surface area (Å²) in [5.41, 5.74) is 0. The van der Waals surface area contributed by atoms with Crippen LogP contribution in [0, 0.1) is 5.92 Å². The van der Waals surface area contributed by atoms with Gasteiger partial charge in [-0.1, -0.05) is 27.7 Å². The van der Waals surface area contributed by atoms with Gasteiger partial charge in [0.2, 0.25) is 5.91 Å². The minimum absolute atomic E-state index is 0.0169. The summed E-state index contributed by atoms with van der Waals surface area (Å²) in [6, 6.07) is 0.0169. The van der Waals surface area contributed by atoms with Crippen LogP contribution < -0.4 is 5.32 Å². The van der Waals surface area contributed by atoms with Crippen molar-refractivity contribution in [3.8, 4) is 0 Å². The Labute approximate surface area is 110 Å².